The molecule has 0 radical (unpaired) electrons. The van der Waals surface area contributed by atoms with E-state index >= 15 is 0 Å². The molecule has 0 saturated carbocycles. The lowest BCUT2D eigenvalue weighted by atomic mass is 10.1. The van der Waals surface area contributed by atoms with Crippen molar-refractivity contribution in [3.63, 3.8) is 0 Å². The Morgan fingerprint density at radius 3 is 2.75 bits per heavy atom. The number of rotatable bonds is 2. The molecule has 0 aliphatic carbocycles. The molecule has 4 N–H and O–H groups in total. The predicted octanol–water partition coefficient (Wildman–Crippen LogP) is 2.15. The maximum atomic E-state index is 11.5. The van der Waals surface area contributed by atoms with Gasteiger partial charge in [-0.15, -0.1) is 0 Å². The van der Waals surface area contributed by atoms with E-state index in [1.54, 1.807) is 0 Å². The number of amides is 1. The number of fused-ring (bicyclic) bond motifs is 1. The van der Waals surface area contributed by atoms with Crippen molar-refractivity contribution in [2.24, 2.45) is 5.84 Å². The van der Waals surface area contributed by atoms with Crippen molar-refractivity contribution in [2.75, 3.05) is 5.01 Å². The first-order valence-electron chi connectivity index (χ1n) is 5.55. The molecule has 1 aromatic heterocycles. The molecule has 2 rings (SSSR count). The number of carboxylic acid groups (broad SMARTS) is 1. The van der Waals surface area contributed by atoms with Crippen LogP contribution in [0.5, 0.6) is 0 Å². The molecule has 0 bridgehead atoms. The summed E-state index contributed by atoms with van der Waals surface area (Å²) in [5.41, 5.74) is 0.138. The summed E-state index contributed by atoms with van der Waals surface area (Å²) in [7, 11) is 0. The fourth-order valence-corrected chi connectivity index (χ4v) is 2.67. The fourth-order valence-electron chi connectivity index (χ4n) is 1.86. The second-order valence-electron chi connectivity index (χ2n) is 3.95. The highest BCUT2D eigenvalue weighted by molar-refractivity contribution is 6.40. The Kier molecular flexibility index (Phi) is 3.85. The number of hydrazine groups is 1. The Hall–Kier alpha value is -1.83. The van der Waals surface area contributed by atoms with Gasteiger partial charge in [0.05, 0.1) is 15.9 Å². The lowest BCUT2D eigenvalue weighted by Crippen LogP contribution is -2.38. The lowest BCUT2D eigenvalue weighted by molar-refractivity contribution is 0.202. The van der Waals surface area contributed by atoms with Crippen LogP contribution in [0, 0.1) is 0 Å². The normalized spacial score (nSPS) is 10.8. The van der Waals surface area contributed by atoms with Crippen LogP contribution in [0.2, 0.25) is 10.0 Å². The van der Waals surface area contributed by atoms with Crippen LogP contribution in [0.1, 0.15) is 12.5 Å². The molecular formula is C11H10Cl2N4O3. The van der Waals surface area contributed by atoms with Gasteiger partial charge < -0.3 is 10.1 Å². The Labute approximate surface area is 122 Å². The Bertz CT molecular complexity index is 759. The van der Waals surface area contributed by atoms with E-state index < -0.39 is 11.8 Å². The predicted molar refractivity (Wildman–Crippen MR) is 76.5 cm³/mol. The molecule has 0 saturated heterocycles. The molecule has 0 atom stereocenters. The number of aromatic amines is 1. The first-order valence-corrected chi connectivity index (χ1v) is 6.31. The van der Waals surface area contributed by atoms with Crippen LogP contribution in [0.4, 0.5) is 10.6 Å². The Morgan fingerprint density at radius 2 is 2.20 bits per heavy atom. The average molecular weight is 317 g/mol. The molecule has 0 spiro atoms. The highest BCUT2D eigenvalue weighted by atomic mass is 35.5. The van der Waals surface area contributed by atoms with Crippen molar-refractivity contribution in [1.82, 2.24) is 9.97 Å². The number of hydrogen-bond donors (Lipinski definition) is 3. The number of hydrogen-bond acceptors (Lipinski definition) is 4. The number of H-pyrrole nitrogens is 1. The van der Waals surface area contributed by atoms with Crippen LogP contribution in [0.25, 0.3) is 10.9 Å². The van der Waals surface area contributed by atoms with E-state index in [1.807, 2.05) is 6.92 Å². The van der Waals surface area contributed by atoms with E-state index in [9.17, 15) is 9.59 Å². The number of anilines is 1. The Balaban J connectivity index is 2.94. The van der Waals surface area contributed by atoms with Crippen LogP contribution in [0.3, 0.4) is 0 Å². The zero-order chi connectivity index (χ0) is 15.0. The van der Waals surface area contributed by atoms with Gasteiger partial charge in [-0.25, -0.2) is 15.4 Å². The van der Waals surface area contributed by atoms with E-state index in [0.29, 0.717) is 22.0 Å². The van der Waals surface area contributed by atoms with Crippen molar-refractivity contribution in [2.45, 2.75) is 13.3 Å². The van der Waals surface area contributed by atoms with E-state index in [0.717, 1.165) is 0 Å². The Morgan fingerprint density at radius 1 is 1.55 bits per heavy atom. The fraction of sp³-hybridized carbons (Fsp3) is 0.182. The van der Waals surface area contributed by atoms with E-state index in [1.165, 1.54) is 6.07 Å². The van der Waals surface area contributed by atoms with Gasteiger partial charge in [0.25, 0.3) is 0 Å². The molecule has 7 nitrogen and oxygen atoms in total. The van der Waals surface area contributed by atoms with E-state index in [2.05, 4.69) is 9.97 Å². The molecular weight excluding hydrogens is 307 g/mol. The second-order valence-corrected chi connectivity index (χ2v) is 4.73. The van der Waals surface area contributed by atoms with E-state index in [4.69, 9.17) is 34.2 Å². The lowest BCUT2D eigenvalue weighted by Gasteiger charge is -2.16. The summed E-state index contributed by atoms with van der Waals surface area (Å²) in [6.45, 7) is 1.84. The summed E-state index contributed by atoms with van der Waals surface area (Å²) in [6, 6.07) is 1.49. The van der Waals surface area contributed by atoms with Crippen LogP contribution in [0.15, 0.2) is 10.9 Å². The molecule has 0 unspecified atom stereocenters. The van der Waals surface area contributed by atoms with E-state index in [-0.39, 0.29) is 21.7 Å². The zero-order valence-electron chi connectivity index (χ0n) is 10.3. The van der Waals surface area contributed by atoms with Gasteiger partial charge >= 0.3 is 11.8 Å². The number of aromatic nitrogens is 2. The highest BCUT2D eigenvalue weighted by Gasteiger charge is 2.21. The molecule has 1 aromatic carbocycles. The van der Waals surface area contributed by atoms with Gasteiger partial charge in [0.1, 0.15) is 0 Å². The van der Waals surface area contributed by atoms with Gasteiger partial charge in [0, 0.05) is 5.02 Å². The number of benzene rings is 1. The summed E-state index contributed by atoms with van der Waals surface area (Å²) in [5, 5.41) is 10.1. The third-order valence-corrected chi connectivity index (χ3v) is 3.53. The molecule has 0 aliphatic heterocycles. The van der Waals surface area contributed by atoms with Crippen molar-refractivity contribution in [3.05, 3.63) is 32.2 Å². The van der Waals surface area contributed by atoms with Gasteiger partial charge in [-0.05, 0) is 18.1 Å². The average Bonchev–Trinajstić information content (AvgIpc) is 2.36. The maximum Gasteiger partial charge on any atom is 0.427 e. The largest absolute Gasteiger partial charge is 0.464 e. The minimum atomic E-state index is -1.46. The topological polar surface area (TPSA) is 112 Å². The number of nitrogens with zero attached hydrogens (tertiary/aromatic N) is 2. The number of nitrogens with one attached hydrogen (secondary N) is 1. The number of carbonyl (C=O) groups is 1. The van der Waals surface area contributed by atoms with Crippen LogP contribution < -0.4 is 16.5 Å². The van der Waals surface area contributed by atoms with Gasteiger partial charge in [0.2, 0.25) is 0 Å². The zero-order valence-corrected chi connectivity index (χ0v) is 11.8. The molecule has 9 heteroatoms. The summed E-state index contributed by atoms with van der Waals surface area (Å²) < 4.78 is 0. The van der Waals surface area contributed by atoms with Crippen LogP contribution >= 0.6 is 23.2 Å². The van der Waals surface area contributed by atoms with Crippen molar-refractivity contribution in [3.8, 4) is 0 Å². The standard InChI is InChI=1S/C11H10Cl2N4O3/c1-2-4-5(12)3-6-7(8(4)13)9(16-10(18)15-6)17(14)11(19)20/h3H,2,14H2,1H3,(H,19,20)(H,15,16,18). The van der Waals surface area contributed by atoms with Crippen molar-refractivity contribution >= 4 is 46.0 Å². The van der Waals surface area contributed by atoms with Gasteiger partial charge in [-0.3, -0.25) is 0 Å². The molecule has 0 fully saturated rings. The summed E-state index contributed by atoms with van der Waals surface area (Å²) in [4.78, 5) is 28.5. The highest BCUT2D eigenvalue weighted by Crippen LogP contribution is 2.35. The maximum absolute atomic E-state index is 11.5. The smallest absolute Gasteiger partial charge is 0.427 e. The molecule has 1 heterocycles. The third kappa shape index (κ3) is 2.31. The first-order chi connectivity index (χ1) is 9.36. The van der Waals surface area contributed by atoms with Crippen molar-refractivity contribution < 1.29 is 9.90 Å². The monoisotopic (exact) mass is 316 g/mol. The van der Waals surface area contributed by atoms with Crippen LogP contribution in [-0.4, -0.2) is 21.2 Å². The molecule has 0 aliphatic rings. The number of nitrogens with two attached hydrogens (primary N) is 1. The van der Waals surface area contributed by atoms with Crippen molar-refractivity contribution in [1.29, 1.82) is 0 Å². The molecule has 2 aromatic rings. The minimum absolute atomic E-state index is 0.213. The first kappa shape index (κ1) is 14.6. The summed E-state index contributed by atoms with van der Waals surface area (Å²) >= 11 is 12.3. The molecule has 20 heavy (non-hydrogen) atoms. The second kappa shape index (κ2) is 5.28. The summed E-state index contributed by atoms with van der Waals surface area (Å²) in [5.74, 6) is 5.16. The summed E-state index contributed by atoms with van der Waals surface area (Å²) in [6.07, 6.45) is -0.933. The van der Waals surface area contributed by atoms with Gasteiger partial charge in [-0.2, -0.15) is 9.99 Å². The van der Waals surface area contributed by atoms with Crippen LogP contribution in [-0.2, 0) is 6.42 Å². The third-order valence-electron chi connectivity index (χ3n) is 2.77. The molecule has 1 amide bonds. The van der Waals surface area contributed by atoms with Gasteiger partial charge in [0.15, 0.2) is 5.82 Å². The quantitative estimate of drug-likeness (QED) is 0.446. The molecule has 106 valence electrons. The van der Waals surface area contributed by atoms with Gasteiger partial charge in [-0.1, -0.05) is 30.1 Å². The number of halogens is 2. The SMILES string of the molecule is CCc1c(Cl)cc2[nH]c(=O)nc(N(N)C(=O)O)c2c1Cl. The minimum Gasteiger partial charge on any atom is -0.464 e.